The minimum atomic E-state index is -0.386. The monoisotopic (exact) mass is 485 g/mol. The van der Waals surface area contributed by atoms with Gasteiger partial charge in [-0.1, -0.05) is 18.2 Å². The van der Waals surface area contributed by atoms with E-state index in [1.807, 2.05) is 24.3 Å². The topological polar surface area (TPSA) is 66.9 Å². The van der Waals surface area contributed by atoms with Crippen LogP contribution >= 0.6 is 0 Å². The second-order valence-corrected chi connectivity index (χ2v) is 9.38. The van der Waals surface area contributed by atoms with Gasteiger partial charge in [0.2, 0.25) is 0 Å². The number of hydrogen-bond donors (Lipinski definition) is 1. The fraction of sp³-hybridized carbons (Fsp3) is 0.556. The number of rotatable bonds is 11. The second-order valence-electron chi connectivity index (χ2n) is 9.38. The summed E-state index contributed by atoms with van der Waals surface area (Å²) in [5, 5.41) is 10.8. The van der Waals surface area contributed by atoms with Gasteiger partial charge in [0.05, 0.1) is 33.5 Å². The van der Waals surface area contributed by atoms with E-state index < -0.39 is 0 Å². The summed E-state index contributed by atoms with van der Waals surface area (Å²) < 4.78 is 22.3. The summed E-state index contributed by atoms with van der Waals surface area (Å²) in [6.45, 7) is 8.00. The molecule has 2 aliphatic heterocycles. The lowest BCUT2D eigenvalue weighted by molar-refractivity contribution is 0.0321. The molecule has 1 N–H and O–H groups in total. The Bertz CT molecular complexity index is 920. The SMILES string of the molecule is COc1ccc(CN(C)[C@H]2CN(Cc3ccc(OCCN4CCOCC4)c(OC)c3)C[C@@H]2O)cc1. The first-order chi connectivity index (χ1) is 17.1. The van der Waals surface area contributed by atoms with E-state index in [9.17, 15) is 5.11 Å². The third-order valence-electron chi connectivity index (χ3n) is 6.89. The Morgan fingerprint density at radius 3 is 2.40 bits per heavy atom. The van der Waals surface area contributed by atoms with Gasteiger partial charge < -0.3 is 24.1 Å². The van der Waals surface area contributed by atoms with Crippen molar-refractivity contribution in [2.45, 2.75) is 25.2 Å². The summed E-state index contributed by atoms with van der Waals surface area (Å²) in [6.07, 6.45) is -0.386. The predicted molar refractivity (Wildman–Crippen MR) is 135 cm³/mol. The van der Waals surface area contributed by atoms with Crippen LogP contribution < -0.4 is 14.2 Å². The maximum Gasteiger partial charge on any atom is 0.161 e. The number of nitrogens with zero attached hydrogens (tertiary/aromatic N) is 3. The Morgan fingerprint density at radius 1 is 0.943 bits per heavy atom. The lowest BCUT2D eigenvalue weighted by Crippen LogP contribution is -2.40. The van der Waals surface area contributed by atoms with Gasteiger partial charge in [0.25, 0.3) is 0 Å². The predicted octanol–water partition coefficient (Wildman–Crippen LogP) is 2.09. The number of hydrogen-bond acceptors (Lipinski definition) is 8. The van der Waals surface area contributed by atoms with Crippen molar-refractivity contribution in [1.29, 1.82) is 0 Å². The van der Waals surface area contributed by atoms with E-state index in [0.29, 0.717) is 13.2 Å². The van der Waals surface area contributed by atoms with Crippen molar-refractivity contribution in [1.82, 2.24) is 14.7 Å². The highest BCUT2D eigenvalue weighted by atomic mass is 16.5. The molecule has 0 unspecified atom stereocenters. The molecule has 0 amide bonds. The maximum absolute atomic E-state index is 10.8. The maximum atomic E-state index is 10.8. The normalized spacial score (nSPS) is 21.4. The molecule has 0 aromatic heterocycles. The van der Waals surface area contributed by atoms with Gasteiger partial charge in [-0.3, -0.25) is 14.7 Å². The number of benzene rings is 2. The average molecular weight is 486 g/mol. The van der Waals surface area contributed by atoms with E-state index >= 15 is 0 Å². The molecule has 2 aliphatic rings. The van der Waals surface area contributed by atoms with Crippen LogP contribution in [0.2, 0.25) is 0 Å². The Morgan fingerprint density at radius 2 is 1.69 bits per heavy atom. The molecule has 0 aliphatic carbocycles. The highest BCUT2D eigenvalue weighted by molar-refractivity contribution is 5.43. The molecule has 8 heteroatoms. The zero-order valence-electron chi connectivity index (χ0n) is 21.2. The molecule has 2 saturated heterocycles. The Labute approximate surface area is 208 Å². The summed E-state index contributed by atoms with van der Waals surface area (Å²) >= 11 is 0. The standard InChI is InChI=1S/C27H39N3O5/c1-28(17-21-4-7-23(32-2)8-5-21)24-19-30(20-25(24)31)18-22-6-9-26(27(16-22)33-3)35-15-12-29-10-13-34-14-11-29/h4-9,16,24-25,31H,10-15,17-20H2,1-3H3/t24-,25-/m0/s1. The smallest absolute Gasteiger partial charge is 0.161 e. The quantitative estimate of drug-likeness (QED) is 0.519. The van der Waals surface area contributed by atoms with E-state index in [1.54, 1.807) is 14.2 Å². The van der Waals surface area contributed by atoms with Gasteiger partial charge in [0.15, 0.2) is 11.5 Å². The van der Waals surface area contributed by atoms with Gasteiger partial charge in [-0.25, -0.2) is 0 Å². The van der Waals surface area contributed by atoms with Crippen molar-refractivity contribution in [3.8, 4) is 17.2 Å². The Balaban J connectivity index is 1.28. The molecule has 2 aromatic carbocycles. The minimum absolute atomic E-state index is 0.0850. The van der Waals surface area contributed by atoms with Gasteiger partial charge in [-0.15, -0.1) is 0 Å². The third kappa shape index (κ3) is 7.08. The third-order valence-corrected chi connectivity index (χ3v) is 6.89. The molecule has 35 heavy (non-hydrogen) atoms. The molecule has 2 aromatic rings. The van der Waals surface area contributed by atoms with E-state index in [1.165, 1.54) is 5.56 Å². The van der Waals surface area contributed by atoms with Crippen LogP contribution in [0.25, 0.3) is 0 Å². The average Bonchev–Trinajstić information content (AvgIpc) is 3.25. The molecule has 8 nitrogen and oxygen atoms in total. The van der Waals surface area contributed by atoms with Crippen molar-refractivity contribution in [3.63, 3.8) is 0 Å². The summed E-state index contributed by atoms with van der Waals surface area (Å²) in [4.78, 5) is 6.89. The van der Waals surface area contributed by atoms with Crippen LogP contribution in [0.1, 0.15) is 11.1 Å². The molecule has 4 rings (SSSR count). The summed E-state index contributed by atoms with van der Waals surface area (Å²) in [5.74, 6) is 2.37. The zero-order valence-corrected chi connectivity index (χ0v) is 21.2. The van der Waals surface area contributed by atoms with E-state index in [4.69, 9.17) is 18.9 Å². The largest absolute Gasteiger partial charge is 0.497 e. The summed E-state index contributed by atoms with van der Waals surface area (Å²) in [5.41, 5.74) is 2.35. The number of likely N-dealkylation sites (N-methyl/N-ethyl adjacent to an activating group) is 1. The molecular formula is C27H39N3O5. The van der Waals surface area contributed by atoms with Crippen LogP contribution in [-0.2, 0) is 17.8 Å². The first-order valence-corrected chi connectivity index (χ1v) is 12.4. The van der Waals surface area contributed by atoms with Gasteiger partial charge >= 0.3 is 0 Å². The molecule has 192 valence electrons. The van der Waals surface area contributed by atoms with Crippen molar-refractivity contribution >= 4 is 0 Å². The number of ether oxygens (including phenoxy) is 4. The minimum Gasteiger partial charge on any atom is -0.497 e. The lowest BCUT2D eigenvalue weighted by atomic mass is 10.1. The molecular weight excluding hydrogens is 446 g/mol. The van der Waals surface area contributed by atoms with E-state index in [2.05, 4.69) is 39.9 Å². The Hall–Kier alpha value is -2.36. The number of methoxy groups -OCH3 is 2. The van der Waals surface area contributed by atoms with Gasteiger partial charge in [0.1, 0.15) is 12.4 Å². The van der Waals surface area contributed by atoms with E-state index in [0.717, 1.165) is 75.3 Å². The molecule has 2 heterocycles. The summed E-state index contributed by atoms with van der Waals surface area (Å²) in [6, 6.07) is 14.3. The molecule has 0 spiro atoms. The van der Waals surface area contributed by atoms with Gasteiger partial charge in [-0.05, 0) is 42.4 Å². The van der Waals surface area contributed by atoms with Crippen LogP contribution in [0.5, 0.6) is 17.2 Å². The highest BCUT2D eigenvalue weighted by Gasteiger charge is 2.34. The van der Waals surface area contributed by atoms with Crippen LogP contribution in [0, 0.1) is 0 Å². The number of aliphatic hydroxyl groups is 1. The number of β-amino-alcohol motifs (C(OH)–C–C–N with tert-alkyl or cyclic N) is 1. The lowest BCUT2D eigenvalue weighted by Gasteiger charge is -2.27. The van der Waals surface area contributed by atoms with Gasteiger partial charge in [-0.2, -0.15) is 0 Å². The van der Waals surface area contributed by atoms with Crippen molar-refractivity contribution in [2.75, 3.05) is 73.8 Å². The fourth-order valence-corrected chi connectivity index (χ4v) is 4.84. The molecule has 2 fully saturated rings. The first-order valence-electron chi connectivity index (χ1n) is 12.4. The fourth-order valence-electron chi connectivity index (χ4n) is 4.84. The van der Waals surface area contributed by atoms with Crippen molar-refractivity contribution in [3.05, 3.63) is 53.6 Å². The van der Waals surface area contributed by atoms with E-state index in [-0.39, 0.29) is 12.1 Å². The molecule has 0 saturated carbocycles. The molecule has 0 bridgehead atoms. The molecule has 2 atom stereocenters. The Kier molecular flexibility index (Phi) is 9.23. The second kappa shape index (κ2) is 12.6. The van der Waals surface area contributed by atoms with Crippen molar-refractivity contribution < 1.29 is 24.1 Å². The van der Waals surface area contributed by atoms with Gasteiger partial charge in [0, 0.05) is 51.9 Å². The van der Waals surface area contributed by atoms with Crippen molar-refractivity contribution in [2.24, 2.45) is 0 Å². The zero-order chi connectivity index (χ0) is 24.6. The number of aliphatic hydroxyl groups excluding tert-OH is 1. The van der Waals surface area contributed by atoms with Crippen LogP contribution in [-0.4, -0.2) is 106 Å². The van der Waals surface area contributed by atoms with Crippen LogP contribution in [0.4, 0.5) is 0 Å². The van der Waals surface area contributed by atoms with Crippen LogP contribution in [0.15, 0.2) is 42.5 Å². The summed E-state index contributed by atoms with van der Waals surface area (Å²) in [7, 11) is 5.43. The van der Waals surface area contributed by atoms with Crippen LogP contribution in [0.3, 0.4) is 0 Å². The number of morpholine rings is 1. The molecule has 0 radical (unpaired) electrons. The highest BCUT2D eigenvalue weighted by Crippen LogP contribution is 2.29. The number of likely N-dealkylation sites (tertiary alicyclic amines) is 1. The first kappa shape index (κ1) is 25.7.